The Labute approximate surface area is 165 Å². The number of hydrogen-bond donors (Lipinski definition) is 1. The van der Waals surface area contributed by atoms with Crippen LogP contribution in [0.1, 0.15) is 11.5 Å². The molecule has 26 heavy (non-hydrogen) atoms. The number of methoxy groups -OCH3 is 1. The van der Waals surface area contributed by atoms with Crippen molar-refractivity contribution in [3.05, 3.63) is 60.2 Å². The number of para-hydroxylation sites is 1. The molecule has 0 saturated carbocycles. The molecule has 6 nitrogen and oxygen atoms in total. The number of aromatic nitrogens is 4. The fraction of sp³-hybridized carbons (Fsp3) is 0.176. The maximum Gasteiger partial charge on any atom is 0.250 e. The Hall–Kier alpha value is -2.15. The lowest BCUT2D eigenvalue weighted by Gasteiger charge is -2.14. The smallest absolute Gasteiger partial charge is 0.250 e. The van der Waals surface area contributed by atoms with Gasteiger partial charge in [-0.1, -0.05) is 53.0 Å². The van der Waals surface area contributed by atoms with Crippen molar-refractivity contribution < 1.29 is 4.74 Å². The largest absolute Gasteiger partial charge is 0.496 e. The van der Waals surface area contributed by atoms with Gasteiger partial charge < -0.3 is 10.1 Å². The normalized spacial score (nSPS) is 11.2. The second-order valence-corrected chi connectivity index (χ2v) is 7.46. The quantitative estimate of drug-likeness (QED) is 0.629. The second-order valence-electron chi connectivity index (χ2n) is 5.18. The summed E-state index contributed by atoms with van der Waals surface area (Å²) in [4.78, 5) is 17.2. The molecular formula is C17H14Cl3N5O. The van der Waals surface area contributed by atoms with E-state index < -0.39 is 3.79 Å². The van der Waals surface area contributed by atoms with Gasteiger partial charge in [-0.2, -0.15) is 9.97 Å². The van der Waals surface area contributed by atoms with Gasteiger partial charge in [0.2, 0.25) is 9.74 Å². The lowest BCUT2D eigenvalue weighted by molar-refractivity contribution is 0.416. The minimum Gasteiger partial charge on any atom is -0.496 e. The summed E-state index contributed by atoms with van der Waals surface area (Å²) in [5.74, 6) is 1.22. The van der Waals surface area contributed by atoms with E-state index in [1.807, 2.05) is 36.4 Å². The lowest BCUT2D eigenvalue weighted by Crippen LogP contribution is -2.14. The van der Waals surface area contributed by atoms with Gasteiger partial charge in [0.1, 0.15) is 5.75 Å². The molecule has 0 saturated heterocycles. The molecule has 1 aromatic carbocycles. The number of nitrogens with zero attached hydrogens (tertiary/aromatic N) is 4. The van der Waals surface area contributed by atoms with Gasteiger partial charge in [0, 0.05) is 6.20 Å². The molecule has 2 aromatic heterocycles. The number of halogens is 3. The Kier molecular flexibility index (Phi) is 5.76. The van der Waals surface area contributed by atoms with Crippen LogP contribution >= 0.6 is 34.8 Å². The van der Waals surface area contributed by atoms with Gasteiger partial charge in [0.15, 0.2) is 11.6 Å². The maximum absolute atomic E-state index is 5.99. The summed E-state index contributed by atoms with van der Waals surface area (Å²) in [5.41, 5.74) is 1.48. The van der Waals surface area contributed by atoms with Gasteiger partial charge >= 0.3 is 0 Å². The fourth-order valence-corrected chi connectivity index (χ4v) is 2.46. The van der Waals surface area contributed by atoms with Crippen LogP contribution in [-0.2, 0) is 10.3 Å². The predicted octanol–water partition coefficient (Wildman–Crippen LogP) is 4.38. The molecule has 0 aliphatic rings. The van der Waals surface area contributed by atoms with Crippen molar-refractivity contribution in [2.45, 2.75) is 10.3 Å². The van der Waals surface area contributed by atoms with Gasteiger partial charge in [-0.05, 0) is 24.3 Å². The van der Waals surface area contributed by atoms with Crippen molar-refractivity contribution in [3.8, 4) is 17.1 Å². The molecule has 0 bridgehead atoms. The molecule has 134 valence electrons. The third-order valence-electron chi connectivity index (χ3n) is 3.39. The highest BCUT2D eigenvalue weighted by atomic mass is 35.6. The van der Waals surface area contributed by atoms with Crippen molar-refractivity contribution in [1.29, 1.82) is 0 Å². The molecule has 0 fully saturated rings. The zero-order chi connectivity index (χ0) is 18.6. The first-order chi connectivity index (χ1) is 12.5. The van der Waals surface area contributed by atoms with Crippen LogP contribution < -0.4 is 10.1 Å². The van der Waals surface area contributed by atoms with Gasteiger partial charge in [-0.25, -0.2) is 4.98 Å². The average Bonchev–Trinajstić information content (AvgIpc) is 2.66. The molecular weight excluding hydrogens is 397 g/mol. The Morgan fingerprint density at radius 1 is 1.00 bits per heavy atom. The zero-order valence-corrected chi connectivity index (χ0v) is 15.9. The van der Waals surface area contributed by atoms with Crippen molar-refractivity contribution in [3.63, 3.8) is 0 Å². The molecule has 3 rings (SSSR count). The van der Waals surface area contributed by atoms with Crippen LogP contribution in [0.4, 0.5) is 5.95 Å². The van der Waals surface area contributed by atoms with E-state index in [0.29, 0.717) is 23.7 Å². The van der Waals surface area contributed by atoms with Gasteiger partial charge in [-0.15, -0.1) is 0 Å². The maximum atomic E-state index is 5.99. The first kappa shape index (κ1) is 18.6. The van der Waals surface area contributed by atoms with E-state index in [-0.39, 0.29) is 11.8 Å². The predicted molar refractivity (Wildman–Crippen MR) is 103 cm³/mol. The minimum atomic E-state index is -1.79. The number of hydrogen-bond acceptors (Lipinski definition) is 6. The summed E-state index contributed by atoms with van der Waals surface area (Å²) < 4.78 is 3.57. The number of alkyl halides is 3. The standard InChI is InChI=1S/C17H14Cl3N5O/c1-26-13-8-3-2-7-12(13)14-23-15(17(18,19)20)25-16(24-14)22-10-11-6-4-5-9-21-11/h2-9H,10H2,1H3,(H,22,23,24,25). The average molecular weight is 411 g/mol. The Bertz CT molecular complexity index is 887. The summed E-state index contributed by atoms with van der Waals surface area (Å²) in [5, 5.41) is 3.08. The lowest BCUT2D eigenvalue weighted by atomic mass is 10.2. The SMILES string of the molecule is COc1ccccc1-c1nc(NCc2ccccn2)nc(C(Cl)(Cl)Cl)n1. The number of benzene rings is 1. The first-order valence-corrected chi connectivity index (χ1v) is 8.71. The van der Waals surface area contributed by atoms with E-state index in [9.17, 15) is 0 Å². The number of ether oxygens (including phenoxy) is 1. The molecule has 0 unspecified atom stereocenters. The van der Waals surface area contributed by atoms with Crippen LogP contribution in [0.2, 0.25) is 0 Å². The highest BCUT2D eigenvalue weighted by molar-refractivity contribution is 6.66. The first-order valence-electron chi connectivity index (χ1n) is 7.58. The molecule has 0 aliphatic heterocycles. The van der Waals surface area contributed by atoms with Crippen LogP contribution in [0.5, 0.6) is 5.75 Å². The number of rotatable bonds is 5. The van der Waals surface area contributed by atoms with Crippen LogP contribution in [-0.4, -0.2) is 27.0 Å². The van der Waals surface area contributed by atoms with Crippen molar-refractivity contribution in [2.24, 2.45) is 0 Å². The third kappa shape index (κ3) is 4.52. The Morgan fingerprint density at radius 3 is 2.46 bits per heavy atom. The molecule has 0 spiro atoms. The molecule has 1 N–H and O–H groups in total. The second kappa shape index (κ2) is 8.03. The van der Waals surface area contributed by atoms with Crippen molar-refractivity contribution >= 4 is 40.8 Å². The van der Waals surface area contributed by atoms with E-state index in [1.54, 1.807) is 19.4 Å². The van der Waals surface area contributed by atoms with E-state index >= 15 is 0 Å². The van der Waals surface area contributed by atoms with Gasteiger partial charge in [-0.3, -0.25) is 4.98 Å². The van der Waals surface area contributed by atoms with Crippen molar-refractivity contribution in [1.82, 2.24) is 19.9 Å². The number of pyridine rings is 1. The number of anilines is 1. The molecule has 9 heteroatoms. The fourth-order valence-electron chi connectivity index (χ4n) is 2.20. The summed E-state index contributed by atoms with van der Waals surface area (Å²) in [6.07, 6.45) is 1.71. The summed E-state index contributed by atoms with van der Waals surface area (Å²) in [7, 11) is 1.57. The highest BCUT2D eigenvalue weighted by Crippen LogP contribution is 2.37. The van der Waals surface area contributed by atoms with Crippen LogP contribution in [0, 0.1) is 0 Å². The summed E-state index contributed by atoms with van der Waals surface area (Å²) >= 11 is 18.0. The van der Waals surface area contributed by atoms with Crippen LogP contribution in [0.3, 0.4) is 0 Å². The summed E-state index contributed by atoms with van der Waals surface area (Å²) in [6.45, 7) is 0.412. The monoisotopic (exact) mass is 409 g/mol. The molecule has 0 aliphatic carbocycles. The van der Waals surface area contributed by atoms with E-state index in [1.165, 1.54) is 0 Å². The van der Waals surface area contributed by atoms with Gasteiger partial charge in [0.25, 0.3) is 0 Å². The van der Waals surface area contributed by atoms with E-state index in [2.05, 4.69) is 25.3 Å². The van der Waals surface area contributed by atoms with Crippen molar-refractivity contribution in [2.75, 3.05) is 12.4 Å². The topological polar surface area (TPSA) is 72.8 Å². The Morgan fingerprint density at radius 2 is 1.77 bits per heavy atom. The number of nitrogens with one attached hydrogen (secondary N) is 1. The zero-order valence-electron chi connectivity index (χ0n) is 13.7. The molecule has 0 radical (unpaired) electrons. The van der Waals surface area contributed by atoms with Gasteiger partial charge in [0.05, 0.1) is 24.9 Å². The Balaban J connectivity index is 1.99. The molecule has 0 amide bonds. The van der Waals surface area contributed by atoms with Crippen LogP contribution in [0.25, 0.3) is 11.4 Å². The summed E-state index contributed by atoms with van der Waals surface area (Å²) in [6, 6.07) is 12.9. The van der Waals surface area contributed by atoms with Crippen LogP contribution in [0.15, 0.2) is 48.7 Å². The van der Waals surface area contributed by atoms with E-state index in [0.717, 1.165) is 5.69 Å². The molecule has 2 heterocycles. The van der Waals surface area contributed by atoms with E-state index in [4.69, 9.17) is 39.5 Å². The highest BCUT2D eigenvalue weighted by Gasteiger charge is 2.29. The minimum absolute atomic E-state index is 0.0157. The third-order valence-corrected chi connectivity index (χ3v) is 3.90. The molecule has 0 atom stereocenters. The molecule has 3 aromatic rings.